The van der Waals surface area contributed by atoms with E-state index in [-0.39, 0.29) is 15.9 Å². The molecule has 0 aliphatic heterocycles. The zero-order valence-corrected chi connectivity index (χ0v) is 29.9. The van der Waals surface area contributed by atoms with Crippen molar-refractivity contribution >= 4 is 41.9 Å². The van der Waals surface area contributed by atoms with E-state index in [1.807, 2.05) is 0 Å². The fourth-order valence-electron chi connectivity index (χ4n) is 5.65. The van der Waals surface area contributed by atoms with Crippen LogP contribution in [-0.4, -0.2) is 11.4 Å². The second-order valence-electron chi connectivity index (χ2n) is 11.3. The summed E-state index contributed by atoms with van der Waals surface area (Å²) < 4.78 is 0. The third-order valence-electron chi connectivity index (χ3n) is 7.93. The molecule has 0 spiro atoms. The number of hydrogen-bond donors (Lipinski definition) is 0. The molecule has 0 amide bonds. The average Bonchev–Trinajstić information content (AvgIpc) is 3.11. The van der Waals surface area contributed by atoms with Gasteiger partial charge in [0.1, 0.15) is 0 Å². The van der Waals surface area contributed by atoms with Crippen LogP contribution < -0.4 is 0 Å². The molecule has 0 bridgehead atoms. The summed E-state index contributed by atoms with van der Waals surface area (Å²) in [6, 6.07) is 51.1. The molecule has 0 radical (unpaired) electrons. The predicted octanol–water partition coefficient (Wildman–Crippen LogP) is 13.2. The van der Waals surface area contributed by atoms with E-state index in [4.69, 9.17) is 29.0 Å². The summed E-state index contributed by atoms with van der Waals surface area (Å²) in [7, 11) is 9.63. The van der Waals surface area contributed by atoms with Crippen molar-refractivity contribution in [3.63, 3.8) is 0 Å². The summed E-state index contributed by atoms with van der Waals surface area (Å²) in [4.78, 5) is 10.7. The van der Waals surface area contributed by atoms with E-state index in [1.54, 1.807) is 0 Å². The minimum absolute atomic E-state index is 0.106. The Kier molecular flexibility index (Phi) is 12.1. The van der Waals surface area contributed by atoms with Gasteiger partial charge in [0, 0.05) is 22.3 Å². The van der Waals surface area contributed by atoms with E-state index in [9.17, 15) is 0 Å². The quantitative estimate of drug-likeness (QED) is 0.115. The Morgan fingerprint density at radius 3 is 0.851 bits per heavy atom. The number of benzene rings is 6. The van der Waals surface area contributed by atoms with Gasteiger partial charge in [0.2, 0.25) is 0 Å². The SMILES string of the molecule is CC(=Nc1c(-c2ccccc2)cc(C)cc1-c1ccccc1)C(C)=Nc1c(-c2ccccc2)cc(C)cc1-c1ccccc1.[Cl][Pd][Cl]. The number of rotatable bonds is 7. The maximum absolute atomic E-state index is 5.36. The van der Waals surface area contributed by atoms with Crippen molar-refractivity contribution in [1.29, 1.82) is 0 Å². The summed E-state index contributed by atoms with van der Waals surface area (Å²) in [5, 5.41) is 0. The van der Waals surface area contributed by atoms with Crippen LogP contribution in [0.4, 0.5) is 11.4 Å². The predicted molar refractivity (Wildman–Crippen MR) is 201 cm³/mol. The van der Waals surface area contributed by atoms with Crippen LogP contribution >= 0.6 is 19.1 Å². The van der Waals surface area contributed by atoms with E-state index in [1.165, 1.54) is 11.1 Å². The molecular weight excluding hydrogens is 710 g/mol. The van der Waals surface area contributed by atoms with Gasteiger partial charge in [-0.2, -0.15) is 0 Å². The van der Waals surface area contributed by atoms with Crippen molar-refractivity contribution in [2.45, 2.75) is 27.7 Å². The standard InChI is InChI=1S/C42H36N2.2ClH.Pd/c1-29-25-37(33-17-9-5-10-18-33)41(38(26-29)34-19-11-6-12-20-34)43-31(3)32(4)44-42-39(35-21-13-7-14-22-35)27-30(2)28-40(42)36-23-15-8-16-24-36;;;/h5-28H,1-4H3;2*1H;/q;;;+2/p-2. The Morgan fingerprint density at radius 2 is 0.638 bits per heavy atom. The zero-order chi connectivity index (χ0) is 33.2. The van der Waals surface area contributed by atoms with Gasteiger partial charge in [-0.1, -0.05) is 121 Å². The Labute approximate surface area is 295 Å². The molecule has 6 aromatic rings. The van der Waals surface area contributed by atoms with Crippen LogP contribution in [0.15, 0.2) is 156 Å². The second kappa shape index (κ2) is 16.6. The maximum atomic E-state index is 5.36. The monoisotopic (exact) mass is 744 g/mol. The van der Waals surface area contributed by atoms with Crippen molar-refractivity contribution in [3.8, 4) is 44.5 Å². The second-order valence-corrected chi connectivity index (χ2v) is 13.7. The van der Waals surface area contributed by atoms with Crippen LogP contribution in [0, 0.1) is 13.8 Å². The van der Waals surface area contributed by atoms with Gasteiger partial charge in [0.15, 0.2) is 0 Å². The number of aliphatic imine (C=N–C) groups is 2. The van der Waals surface area contributed by atoms with Crippen molar-refractivity contribution in [2.75, 3.05) is 0 Å². The zero-order valence-electron chi connectivity index (χ0n) is 26.8. The van der Waals surface area contributed by atoms with Gasteiger partial charge in [0.25, 0.3) is 0 Å². The molecule has 0 saturated heterocycles. The van der Waals surface area contributed by atoms with Crippen molar-refractivity contribution in [1.82, 2.24) is 0 Å². The molecule has 0 heterocycles. The van der Waals surface area contributed by atoms with Crippen LogP contribution in [0.3, 0.4) is 0 Å². The topological polar surface area (TPSA) is 24.7 Å². The van der Waals surface area contributed by atoms with Gasteiger partial charge >= 0.3 is 35.0 Å². The summed E-state index contributed by atoms with van der Waals surface area (Å²) in [6.45, 7) is 8.45. The molecule has 0 saturated carbocycles. The summed E-state index contributed by atoms with van der Waals surface area (Å²) in [5.74, 6) is 0. The van der Waals surface area contributed by atoms with Gasteiger partial charge in [-0.3, -0.25) is 9.98 Å². The molecular formula is C42H36Cl2N2Pd. The van der Waals surface area contributed by atoms with E-state index >= 15 is 0 Å². The van der Waals surface area contributed by atoms with E-state index < -0.39 is 0 Å². The molecule has 0 fully saturated rings. The molecule has 0 unspecified atom stereocenters. The summed E-state index contributed by atoms with van der Waals surface area (Å²) in [5.41, 5.74) is 15.1. The van der Waals surface area contributed by atoms with Crippen LogP contribution in [0.2, 0.25) is 0 Å². The van der Waals surface area contributed by atoms with Gasteiger partial charge in [-0.25, -0.2) is 0 Å². The molecule has 2 nitrogen and oxygen atoms in total. The molecule has 0 aliphatic carbocycles. The molecule has 0 atom stereocenters. The third-order valence-corrected chi connectivity index (χ3v) is 7.93. The number of hydrogen-bond acceptors (Lipinski definition) is 2. The van der Waals surface area contributed by atoms with Crippen LogP contribution in [-0.2, 0) is 15.9 Å². The first-order valence-electron chi connectivity index (χ1n) is 15.3. The summed E-state index contributed by atoms with van der Waals surface area (Å²) in [6.07, 6.45) is 0. The first-order valence-corrected chi connectivity index (χ1v) is 19.3. The Balaban J connectivity index is 0.00000139. The van der Waals surface area contributed by atoms with Crippen molar-refractivity contribution in [2.24, 2.45) is 9.98 Å². The van der Waals surface area contributed by atoms with Crippen LogP contribution in [0.5, 0.6) is 0 Å². The Hall–Kier alpha value is -4.10. The minimum atomic E-state index is -0.106. The number of aryl methyl sites for hydroxylation is 2. The molecule has 0 aromatic heterocycles. The first kappa shape index (κ1) is 34.2. The third kappa shape index (κ3) is 8.63. The molecule has 238 valence electrons. The average molecular weight is 746 g/mol. The Bertz CT molecular complexity index is 1720. The van der Waals surface area contributed by atoms with Gasteiger partial charge in [0.05, 0.1) is 22.8 Å². The fourth-order valence-corrected chi connectivity index (χ4v) is 5.65. The number of halogens is 2. The number of nitrogens with zero attached hydrogens (tertiary/aromatic N) is 2. The molecule has 6 aromatic carbocycles. The van der Waals surface area contributed by atoms with Crippen molar-refractivity contribution in [3.05, 3.63) is 157 Å². The fraction of sp³-hybridized carbons (Fsp3) is 0.0952. The summed E-state index contributed by atoms with van der Waals surface area (Å²) >= 11 is -0.106. The van der Waals surface area contributed by atoms with Gasteiger partial charge in [-0.05, 0) is 85.3 Å². The normalized spacial score (nSPS) is 11.6. The molecule has 6 rings (SSSR count). The molecule has 0 N–H and O–H groups in total. The molecule has 5 heteroatoms. The van der Waals surface area contributed by atoms with E-state index in [2.05, 4.69) is 173 Å². The molecule has 47 heavy (non-hydrogen) atoms. The Morgan fingerprint density at radius 1 is 0.426 bits per heavy atom. The van der Waals surface area contributed by atoms with E-state index in [0.29, 0.717) is 0 Å². The van der Waals surface area contributed by atoms with Crippen LogP contribution in [0.1, 0.15) is 25.0 Å². The van der Waals surface area contributed by atoms with Gasteiger partial charge in [-0.15, -0.1) is 0 Å². The first-order chi connectivity index (χ1) is 22.9. The van der Waals surface area contributed by atoms with Crippen LogP contribution in [0.25, 0.3) is 44.5 Å². The van der Waals surface area contributed by atoms with E-state index in [0.717, 1.165) is 67.3 Å². The van der Waals surface area contributed by atoms with Crippen molar-refractivity contribution < 1.29 is 15.9 Å². The molecule has 0 aliphatic rings. The van der Waals surface area contributed by atoms with Gasteiger partial charge < -0.3 is 0 Å².